The van der Waals surface area contributed by atoms with Gasteiger partial charge < -0.3 is 15.2 Å². The molecule has 2 aliphatic rings. The van der Waals surface area contributed by atoms with Crippen molar-refractivity contribution in [3.63, 3.8) is 0 Å². The Bertz CT molecular complexity index is 1030. The van der Waals surface area contributed by atoms with Crippen LogP contribution in [-0.2, 0) is 19.2 Å². The maximum Gasteiger partial charge on any atom is 0.408 e. The van der Waals surface area contributed by atoms with Gasteiger partial charge in [-0.25, -0.2) is 15.1 Å². The molecule has 2 aromatic rings. The number of carboxylic acids is 1. The van der Waals surface area contributed by atoms with Crippen LogP contribution < -0.4 is 10.8 Å². The van der Waals surface area contributed by atoms with Gasteiger partial charge in [-0.15, -0.1) is 0 Å². The maximum absolute atomic E-state index is 12.9. The molecule has 180 valence electrons. The van der Waals surface area contributed by atoms with Crippen molar-refractivity contribution < 1.29 is 29.1 Å². The van der Waals surface area contributed by atoms with Gasteiger partial charge in [0.15, 0.2) is 6.10 Å². The average Bonchev–Trinajstić information content (AvgIpc) is 3.63. The van der Waals surface area contributed by atoms with E-state index in [1.807, 2.05) is 36.4 Å². The number of rotatable bonds is 10. The Morgan fingerprint density at radius 2 is 1.56 bits per heavy atom. The van der Waals surface area contributed by atoms with Crippen LogP contribution in [0.3, 0.4) is 0 Å². The summed E-state index contributed by atoms with van der Waals surface area (Å²) in [7, 11) is 0. The van der Waals surface area contributed by atoms with Crippen LogP contribution in [-0.4, -0.2) is 41.3 Å². The third-order valence-electron chi connectivity index (χ3n) is 6.90. The Hall–Kier alpha value is -3.39. The minimum absolute atomic E-state index is 0.0946. The van der Waals surface area contributed by atoms with Crippen molar-refractivity contribution in [1.82, 2.24) is 10.8 Å². The summed E-state index contributed by atoms with van der Waals surface area (Å²) in [5.41, 5.74) is 5.43. The van der Waals surface area contributed by atoms with Gasteiger partial charge in [-0.2, -0.15) is 0 Å². The second-order valence-electron chi connectivity index (χ2n) is 8.89. The number of hydrogen-bond acceptors (Lipinski definition) is 5. The fourth-order valence-corrected chi connectivity index (χ4v) is 4.60. The van der Waals surface area contributed by atoms with Gasteiger partial charge in [0.05, 0.1) is 0 Å². The number of aliphatic carboxylic acids is 1. The fourth-order valence-electron chi connectivity index (χ4n) is 4.60. The number of nitrogens with one attached hydrogen (secondary N) is 2. The molecule has 34 heavy (non-hydrogen) atoms. The molecule has 0 aromatic heterocycles. The molecule has 2 aliphatic carbocycles. The van der Waals surface area contributed by atoms with Crippen LogP contribution >= 0.6 is 0 Å². The van der Waals surface area contributed by atoms with Crippen molar-refractivity contribution in [2.24, 2.45) is 5.92 Å². The lowest BCUT2D eigenvalue weighted by molar-refractivity contribution is -0.165. The number of hydrogen-bond donors (Lipinski definition) is 3. The van der Waals surface area contributed by atoms with Crippen LogP contribution in [0.5, 0.6) is 0 Å². The smallest absolute Gasteiger partial charge is 0.408 e. The first kappa shape index (κ1) is 23.8. The number of carboxylic acid groups (broad SMARTS) is 1. The van der Waals surface area contributed by atoms with E-state index < -0.39 is 29.6 Å². The molecular formula is C26H30N2O6. The summed E-state index contributed by atoms with van der Waals surface area (Å²) in [6.07, 6.45) is 0.255. The fraction of sp³-hybridized carbons (Fsp3) is 0.423. The lowest BCUT2D eigenvalue weighted by Crippen LogP contribution is -2.59. The molecule has 4 rings (SSSR count). The lowest BCUT2D eigenvalue weighted by atomic mass is 9.92. The molecule has 2 amide bonds. The van der Waals surface area contributed by atoms with E-state index in [1.165, 1.54) is 0 Å². The van der Waals surface area contributed by atoms with Gasteiger partial charge in [0.1, 0.15) is 12.1 Å². The number of fused-ring (bicyclic) bond motifs is 3. The molecule has 1 unspecified atom stereocenters. The zero-order chi connectivity index (χ0) is 24.3. The molecule has 2 aromatic carbocycles. The molecule has 0 bridgehead atoms. The molecule has 0 aliphatic heterocycles. The predicted molar refractivity (Wildman–Crippen MR) is 125 cm³/mol. The Kier molecular flexibility index (Phi) is 6.88. The van der Waals surface area contributed by atoms with Gasteiger partial charge in [-0.1, -0.05) is 62.4 Å². The summed E-state index contributed by atoms with van der Waals surface area (Å²) in [4.78, 5) is 42.3. The SMILES string of the molecule is CCC(CC)(NC(=O)OCC1c2ccccc2-c2ccccc21)C(=O)NOC(C(=O)O)C1CC1. The number of alkyl carbamates (subject to hydrolysis) is 1. The third kappa shape index (κ3) is 4.63. The van der Waals surface area contributed by atoms with Crippen LogP contribution in [0.1, 0.15) is 56.6 Å². The van der Waals surface area contributed by atoms with Gasteiger partial charge in [-0.05, 0) is 53.9 Å². The second kappa shape index (κ2) is 9.85. The van der Waals surface area contributed by atoms with Crippen LogP contribution in [0.4, 0.5) is 4.79 Å². The largest absolute Gasteiger partial charge is 0.479 e. The summed E-state index contributed by atoms with van der Waals surface area (Å²) in [6.45, 7) is 3.66. The summed E-state index contributed by atoms with van der Waals surface area (Å²) in [5.74, 6) is -1.92. The first-order valence-electron chi connectivity index (χ1n) is 11.7. The van der Waals surface area contributed by atoms with Crippen LogP contribution in [0.2, 0.25) is 0 Å². The molecule has 0 saturated heterocycles. The van der Waals surface area contributed by atoms with Crippen LogP contribution in [0, 0.1) is 5.92 Å². The van der Waals surface area contributed by atoms with Crippen LogP contribution in [0.15, 0.2) is 48.5 Å². The molecule has 0 heterocycles. The normalized spacial score (nSPS) is 15.7. The van der Waals surface area contributed by atoms with Crippen molar-refractivity contribution >= 4 is 18.0 Å². The summed E-state index contributed by atoms with van der Waals surface area (Å²) < 4.78 is 5.60. The van der Waals surface area contributed by atoms with Gasteiger partial charge in [0.25, 0.3) is 5.91 Å². The topological polar surface area (TPSA) is 114 Å². The highest BCUT2D eigenvalue weighted by molar-refractivity contribution is 5.89. The first-order chi connectivity index (χ1) is 16.4. The maximum atomic E-state index is 12.9. The monoisotopic (exact) mass is 466 g/mol. The van der Waals surface area contributed by atoms with E-state index in [9.17, 15) is 19.5 Å². The van der Waals surface area contributed by atoms with Gasteiger partial charge in [0, 0.05) is 5.92 Å². The van der Waals surface area contributed by atoms with E-state index in [1.54, 1.807) is 13.8 Å². The first-order valence-corrected chi connectivity index (χ1v) is 11.7. The Morgan fingerprint density at radius 3 is 2.06 bits per heavy atom. The average molecular weight is 467 g/mol. The Balaban J connectivity index is 1.40. The molecule has 1 fully saturated rings. The zero-order valence-corrected chi connectivity index (χ0v) is 19.4. The molecule has 0 spiro atoms. The van der Waals surface area contributed by atoms with E-state index in [4.69, 9.17) is 9.57 Å². The van der Waals surface area contributed by atoms with Crippen molar-refractivity contribution in [2.45, 2.75) is 57.1 Å². The van der Waals surface area contributed by atoms with Crippen molar-refractivity contribution in [1.29, 1.82) is 0 Å². The van der Waals surface area contributed by atoms with Crippen LogP contribution in [0.25, 0.3) is 11.1 Å². The van der Waals surface area contributed by atoms with Gasteiger partial charge in [0.2, 0.25) is 0 Å². The van der Waals surface area contributed by atoms with E-state index in [0.29, 0.717) is 0 Å². The quantitative estimate of drug-likeness (QED) is 0.456. The number of ether oxygens (including phenoxy) is 1. The molecule has 1 saturated carbocycles. The summed E-state index contributed by atoms with van der Waals surface area (Å²) >= 11 is 0. The number of benzene rings is 2. The second-order valence-corrected chi connectivity index (χ2v) is 8.89. The molecule has 1 atom stereocenters. The molecular weight excluding hydrogens is 436 g/mol. The lowest BCUT2D eigenvalue weighted by Gasteiger charge is -2.31. The number of amides is 2. The molecule has 8 nitrogen and oxygen atoms in total. The summed E-state index contributed by atoms with van der Waals surface area (Å²) in [5, 5.41) is 12.0. The zero-order valence-electron chi connectivity index (χ0n) is 19.4. The molecule has 8 heteroatoms. The van der Waals surface area contributed by atoms with E-state index >= 15 is 0 Å². The Labute approximate surface area is 198 Å². The number of carbonyl (C=O) groups excluding carboxylic acids is 2. The molecule has 3 N–H and O–H groups in total. The third-order valence-corrected chi connectivity index (χ3v) is 6.90. The summed E-state index contributed by atoms with van der Waals surface area (Å²) in [6, 6.07) is 16.1. The predicted octanol–water partition coefficient (Wildman–Crippen LogP) is 3.99. The van der Waals surface area contributed by atoms with E-state index in [0.717, 1.165) is 35.1 Å². The van der Waals surface area contributed by atoms with Gasteiger partial charge in [-0.3, -0.25) is 9.63 Å². The van der Waals surface area contributed by atoms with E-state index in [2.05, 4.69) is 22.9 Å². The van der Waals surface area contributed by atoms with Crippen molar-refractivity contribution in [2.75, 3.05) is 6.61 Å². The minimum Gasteiger partial charge on any atom is -0.479 e. The Morgan fingerprint density at radius 1 is 1.00 bits per heavy atom. The van der Waals surface area contributed by atoms with E-state index in [-0.39, 0.29) is 31.3 Å². The number of carbonyl (C=O) groups is 3. The standard InChI is InChI=1S/C26H30N2O6/c1-3-26(4-2,24(31)28-34-22(23(29)30)16-13-14-16)27-25(32)33-15-21-19-11-7-5-9-17(19)18-10-6-8-12-20(18)21/h5-12,16,21-22H,3-4,13-15H2,1-2H3,(H,27,32)(H,28,31)(H,29,30). The molecule has 0 radical (unpaired) electrons. The highest BCUT2D eigenvalue weighted by Gasteiger charge is 2.41. The highest BCUT2D eigenvalue weighted by Crippen LogP contribution is 2.44. The van der Waals surface area contributed by atoms with Gasteiger partial charge >= 0.3 is 12.1 Å². The number of hydroxylamine groups is 1. The minimum atomic E-state index is -1.28. The van der Waals surface area contributed by atoms with Crippen molar-refractivity contribution in [3.05, 3.63) is 59.7 Å². The van der Waals surface area contributed by atoms with Crippen molar-refractivity contribution in [3.8, 4) is 11.1 Å². The highest BCUT2D eigenvalue weighted by atomic mass is 16.7.